The lowest BCUT2D eigenvalue weighted by atomic mass is 10.2. The molecule has 2 N–H and O–H groups in total. The van der Waals surface area contributed by atoms with E-state index in [1.807, 2.05) is 31.2 Å². The number of nitrogens with one attached hydrogen (secondary N) is 2. The zero-order chi connectivity index (χ0) is 12.5. The van der Waals surface area contributed by atoms with Crippen molar-refractivity contribution in [3.05, 3.63) is 29.8 Å². The lowest BCUT2D eigenvalue weighted by Gasteiger charge is -2.07. The predicted molar refractivity (Wildman–Crippen MR) is 68.2 cm³/mol. The van der Waals surface area contributed by atoms with Crippen molar-refractivity contribution in [3.8, 4) is 5.75 Å². The molecule has 0 aliphatic rings. The molecule has 94 valence electrons. The van der Waals surface area contributed by atoms with Crippen LogP contribution in [0.1, 0.15) is 12.0 Å². The zero-order valence-electron chi connectivity index (χ0n) is 10.5. The first-order valence-electron chi connectivity index (χ1n) is 5.83. The van der Waals surface area contributed by atoms with E-state index in [0.717, 1.165) is 12.3 Å². The molecular weight excluding hydrogens is 216 g/mol. The van der Waals surface area contributed by atoms with E-state index < -0.39 is 0 Å². The van der Waals surface area contributed by atoms with Crippen molar-refractivity contribution < 1.29 is 9.53 Å². The number of hydrogen-bond acceptors (Lipinski definition) is 3. The number of amides is 1. The second-order valence-electron chi connectivity index (χ2n) is 3.84. The monoisotopic (exact) mass is 236 g/mol. The van der Waals surface area contributed by atoms with Crippen molar-refractivity contribution in [2.75, 3.05) is 26.7 Å². The lowest BCUT2D eigenvalue weighted by molar-refractivity contribution is -0.120. The third-order valence-corrected chi connectivity index (χ3v) is 2.34. The Morgan fingerprint density at radius 1 is 1.35 bits per heavy atom. The first-order valence-corrected chi connectivity index (χ1v) is 5.83. The van der Waals surface area contributed by atoms with Gasteiger partial charge in [0, 0.05) is 26.6 Å². The predicted octanol–water partition coefficient (Wildman–Crippen LogP) is 1.10. The number of carbonyl (C=O) groups excluding carboxylic acids is 1. The van der Waals surface area contributed by atoms with Gasteiger partial charge in [-0.15, -0.1) is 0 Å². The second-order valence-corrected chi connectivity index (χ2v) is 3.84. The van der Waals surface area contributed by atoms with Gasteiger partial charge in [-0.25, -0.2) is 0 Å². The largest absolute Gasteiger partial charge is 0.492 e. The Kier molecular flexibility index (Phi) is 6.10. The molecule has 0 bridgehead atoms. The van der Waals surface area contributed by atoms with E-state index in [2.05, 4.69) is 10.6 Å². The van der Waals surface area contributed by atoms with Crippen molar-refractivity contribution in [1.82, 2.24) is 10.6 Å². The van der Waals surface area contributed by atoms with Crippen LogP contribution in [0.2, 0.25) is 0 Å². The zero-order valence-corrected chi connectivity index (χ0v) is 10.5. The molecule has 0 aliphatic heterocycles. The Hall–Kier alpha value is -1.55. The van der Waals surface area contributed by atoms with Crippen molar-refractivity contribution >= 4 is 5.91 Å². The summed E-state index contributed by atoms with van der Waals surface area (Å²) >= 11 is 0. The van der Waals surface area contributed by atoms with Gasteiger partial charge in [-0.3, -0.25) is 4.79 Å². The Bertz CT molecular complexity index is 353. The highest BCUT2D eigenvalue weighted by Crippen LogP contribution is 2.11. The molecule has 1 amide bonds. The highest BCUT2D eigenvalue weighted by Gasteiger charge is 1.97. The van der Waals surface area contributed by atoms with Gasteiger partial charge in [0.1, 0.15) is 12.4 Å². The molecule has 0 unspecified atom stereocenters. The molecule has 1 aromatic carbocycles. The Labute approximate surface area is 102 Å². The molecule has 0 atom stereocenters. The van der Waals surface area contributed by atoms with Crippen LogP contribution in [0.3, 0.4) is 0 Å². The Morgan fingerprint density at radius 3 is 2.88 bits per heavy atom. The van der Waals surface area contributed by atoms with Crippen LogP contribution in [0.15, 0.2) is 24.3 Å². The average Bonchev–Trinajstić information content (AvgIpc) is 2.33. The van der Waals surface area contributed by atoms with Crippen molar-refractivity contribution in [1.29, 1.82) is 0 Å². The van der Waals surface area contributed by atoms with Crippen LogP contribution < -0.4 is 15.4 Å². The van der Waals surface area contributed by atoms with Crippen LogP contribution in [-0.4, -0.2) is 32.7 Å². The molecule has 0 radical (unpaired) electrons. The fourth-order valence-electron chi connectivity index (χ4n) is 1.40. The van der Waals surface area contributed by atoms with Crippen molar-refractivity contribution in [3.63, 3.8) is 0 Å². The Morgan fingerprint density at radius 2 is 2.18 bits per heavy atom. The molecule has 0 saturated heterocycles. The highest BCUT2D eigenvalue weighted by atomic mass is 16.5. The summed E-state index contributed by atoms with van der Waals surface area (Å²) in [6.07, 6.45) is 0.501. The van der Waals surface area contributed by atoms with Gasteiger partial charge in [0.2, 0.25) is 5.91 Å². The smallest absolute Gasteiger partial charge is 0.221 e. The fraction of sp³-hybridized carbons (Fsp3) is 0.462. The van der Waals surface area contributed by atoms with Crippen LogP contribution >= 0.6 is 0 Å². The molecule has 0 spiro atoms. The maximum atomic E-state index is 10.9. The molecule has 1 rings (SSSR count). The number of rotatable bonds is 7. The van der Waals surface area contributed by atoms with Crippen LogP contribution in [0.25, 0.3) is 0 Å². The van der Waals surface area contributed by atoms with Crippen molar-refractivity contribution in [2.45, 2.75) is 13.3 Å². The van der Waals surface area contributed by atoms with Crippen LogP contribution in [-0.2, 0) is 4.79 Å². The maximum Gasteiger partial charge on any atom is 0.221 e. The van der Waals surface area contributed by atoms with E-state index in [4.69, 9.17) is 4.74 Å². The fourth-order valence-corrected chi connectivity index (χ4v) is 1.40. The average molecular weight is 236 g/mol. The first kappa shape index (κ1) is 13.5. The number of hydrogen-bond donors (Lipinski definition) is 2. The number of benzene rings is 1. The van der Waals surface area contributed by atoms with Gasteiger partial charge in [0.15, 0.2) is 0 Å². The molecule has 0 aromatic heterocycles. The third-order valence-electron chi connectivity index (χ3n) is 2.34. The van der Waals surface area contributed by atoms with Crippen LogP contribution in [0.4, 0.5) is 0 Å². The summed E-state index contributed by atoms with van der Waals surface area (Å²) in [6, 6.07) is 7.96. The minimum atomic E-state index is 0.0529. The van der Waals surface area contributed by atoms with E-state index in [0.29, 0.717) is 19.6 Å². The van der Waals surface area contributed by atoms with Gasteiger partial charge in [0.05, 0.1) is 0 Å². The summed E-state index contributed by atoms with van der Waals surface area (Å²) in [4.78, 5) is 10.9. The first-order chi connectivity index (χ1) is 8.22. The summed E-state index contributed by atoms with van der Waals surface area (Å²) in [7, 11) is 1.64. The molecule has 0 saturated carbocycles. The Balaban J connectivity index is 2.06. The van der Waals surface area contributed by atoms with Crippen molar-refractivity contribution in [2.24, 2.45) is 0 Å². The van der Waals surface area contributed by atoms with Gasteiger partial charge in [0.25, 0.3) is 0 Å². The maximum absolute atomic E-state index is 10.9. The summed E-state index contributed by atoms with van der Waals surface area (Å²) in [5.41, 5.74) is 1.19. The molecule has 17 heavy (non-hydrogen) atoms. The van der Waals surface area contributed by atoms with E-state index >= 15 is 0 Å². The van der Waals surface area contributed by atoms with Crippen LogP contribution in [0.5, 0.6) is 5.75 Å². The second kappa shape index (κ2) is 7.68. The summed E-state index contributed by atoms with van der Waals surface area (Å²) in [5, 5.41) is 5.73. The number of carbonyl (C=O) groups is 1. The molecular formula is C13H20N2O2. The van der Waals surface area contributed by atoms with E-state index in [-0.39, 0.29) is 5.91 Å². The van der Waals surface area contributed by atoms with Gasteiger partial charge in [-0.2, -0.15) is 0 Å². The van der Waals surface area contributed by atoms with Gasteiger partial charge >= 0.3 is 0 Å². The molecule has 1 aromatic rings. The number of ether oxygens (including phenoxy) is 1. The molecule has 0 heterocycles. The normalized spacial score (nSPS) is 10.0. The highest BCUT2D eigenvalue weighted by molar-refractivity contribution is 5.75. The molecule has 4 heteroatoms. The van der Waals surface area contributed by atoms with Gasteiger partial charge < -0.3 is 15.4 Å². The lowest BCUT2D eigenvalue weighted by Crippen LogP contribution is -2.27. The summed E-state index contributed by atoms with van der Waals surface area (Å²) < 4.78 is 5.56. The quantitative estimate of drug-likeness (QED) is 0.697. The topological polar surface area (TPSA) is 50.4 Å². The minimum absolute atomic E-state index is 0.0529. The third kappa shape index (κ3) is 5.92. The van der Waals surface area contributed by atoms with Crippen LogP contribution in [0, 0.1) is 6.92 Å². The number of aryl methyl sites for hydroxylation is 1. The standard InChI is InChI=1S/C13H20N2O2/c1-11-4-3-5-12(10-11)17-9-8-15-7-6-13(16)14-2/h3-5,10,15H,6-9H2,1-2H3,(H,14,16). The van der Waals surface area contributed by atoms with E-state index in [1.165, 1.54) is 5.56 Å². The van der Waals surface area contributed by atoms with Gasteiger partial charge in [-0.05, 0) is 24.6 Å². The SMILES string of the molecule is CNC(=O)CCNCCOc1cccc(C)c1. The van der Waals surface area contributed by atoms with E-state index in [9.17, 15) is 4.79 Å². The van der Waals surface area contributed by atoms with E-state index in [1.54, 1.807) is 7.05 Å². The molecule has 0 aliphatic carbocycles. The summed E-state index contributed by atoms with van der Waals surface area (Å²) in [5.74, 6) is 0.940. The van der Waals surface area contributed by atoms with Gasteiger partial charge in [-0.1, -0.05) is 12.1 Å². The summed E-state index contributed by atoms with van der Waals surface area (Å²) in [6.45, 7) is 4.06. The molecule has 0 fully saturated rings. The molecule has 4 nitrogen and oxygen atoms in total. The minimum Gasteiger partial charge on any atom is -0.492 e.